The third kappa shape index (κ3) is 5.77. The van der Waals surface area contributed by atoms with Gasteiger partial charge < -0.3 is 5.32 Å². The highest BCUT2D eigenvalue weighted by atomic mass is 35.6. The maximum absolute atomic E-state index is 14.5. The van der Waals surface area contributed by atoms with Crippen molar-refractivity contribution in [1.82, 2.24) is 4.90 Å². The normalized spacial score (nSPS) is 17.8. The predicted octanol–water partition coefficient (Wildman–Crippen LogP) is 6.37. The summed E-state index contributed by atoms with van der Waals surface area (Å²) in [6, 6.07) is 7.48. The molecular formula is C21H16Cl4F4N4O2. The molecule has 0 saturated carbocycles. The van der Waals surface area contributed by atoms with Crippen molar-refractivity contribution in [2.75, 3.05) is 17.3 Å². The highest BCUT2D eigenvalue weighted by Crippen LogP contribution is 2.40. The molecule has 1 saturated heterocycles. The molecule has 1 N–H and O–H groups in total. The Morgan fingerprint density at radius 3 is 2.26 bits per heavy atom. The van der Waals surface area contributed by atoms with Crippen molar-refractivity contribution in [1.29, 1.82) is 0 Å². The predicted molar refractivity (Wildman–Crippen MR) is 128 cm³/mol. The number of hydrogen-bond donors (Lipinski definition) is 1. The first-order valence-electron chi connectivity index (χ1n) is 9.72. The van der Waals surface area contributed by atoms with Gasteiger partial charge in [-0.25, -0.2) is 19.1 Å². The average molecular weight is 574 g/mol. The fourth-order valence-electron chi connectivity index (χ4n) is 3.20. The summed E-state index contributed by atoms with van der Waals surface area (Å²) in [4.78, 5) is 30.9. The van der Waals surface area contributed by atoms with Crippen LogP contribution in [0.2, 0.25) is 0 Å². The fourth-order valence-corrected chi connectivity index (χ4v) is 3.67. The summed E-state index contributed by atoms with van der Waals surface area (Å²) in [5.41, 5.74) is -1.54. The van der Waals surface area contributed by atoms with E-state index in [9.17, 15) is 27.2 Å². The molecule has 1 fully saturated rings. The largest absolute Gasteiger partial charge is 0.418 e. The summed E-state index contributed by atoms with van der Waals surface area (Å²) >= 11 is 23.9. The van der Waals surface area contributed by atoms with Crippen molar-refractivity contribution in [2.45, 2.75) is 28.4 Å². The number of para-hydroxylation sites is 1. The van der Waals surface area contributed by atoms with Crippen LogP contribution in [-0.2, 0) is 11.0 Å². The Labute approximate surface area is 217 Å². The standard InChI is InChI=1S/C21H16Cl4F4N4O2/c1-10-7-8-13(11(9-10)21(27,28)29)30-16(15(22)20(23,24)25)31-17-18(34)32(2)19(35)33(17)14-6-4-3-5-12(14)26/h3-9,15-16,30H,1-2H3. The van der Waals surface area contributed by atoms with Crippen LogP contribution in [-0.4, -0.2) is 45.1 Å². The van der Waals surface area contributed by atoms with E-state index in [4.69, 9.17) is 46.4 Å². The van der Waals surface area contributed by atoms with Crippen molar-refractivity contribution in [3.63, 3.8) is 0 Å². The zero-order chi connectivity index (χ0) is 26.3. The molecule has 2 aromatic carbocycles. The van der Waals surface area contributed by atoms with E-state index in [0.717, 1.165) is 25.2 Å². The van der Waals surface area contributed by atoms with E-state index in [1.165, 1.54) is 31.2 Å². The van der Waals surface area contributed by atoms with Crippen LogP contribution in [0.3, 0.4) is 0 Å². The Balaban J connectivity index is 2.17. The molecule has 6 nitrogen and oxygen atoms in total. The maximum atomic E-state index is 14.5. The number of aliphatic imine (C=N–C) groups is 1. The van der Waals surface area contributed by atoms with Gasteiger partial charge >= 0.3 is 12.2 Å². The van der Waals surface area contributed by atoms with Gasteiger partial charge in [-0.05, 0) is 31.2 Å². The number of hydrogen-bond acceptors (Lipinski definition) is 4. The van der Waals surface area contributed by atoms with E-state index in [0.29, 0.717) is 15.4 Å². The van der Waals surface area contributed by atoms with E-state index in [-0.39, 0.29) is 5.69 Å². The lowest BCUT2D eigenvalue weighted by atomic mass is 10.1. The molecule has 3 amide bonds. The van der Waals surface area contributed by atoms with Gasteiger partial charge in [0, 0.05) is 12.7 Å². The molecule has 35 heavy (non-hydrogen) atoms. The summed E-state index contributed by atoms with van der Waals surface area (Å²) in [5, 5.41) is 0.816. The molecule has 188 valence electrons. The second-order valence-corrected chi connectivity index (χ2v) is 10.3. The number of amides is 3. The Bertz CT molecular complexity index is 1190. The first kappa shape index (κ1) is 27.3. The van der Waals surface area contributed by atoms with Crippen LogP contribution in [0.15, 0.2) is 47.5 Å². The molecule has 1 heterocycles. The number of carbonyl (C=O) groups is 2. The van der Waals surface area contributed by atoms with Crippen LogP contribution in [0.1, 0.15) is 11.1 Å². The molecule has 0 aliphatic carbocycles. The Kier molecular flexibility index (Phi) is 7.81. The molecule has 3 rings (SSSR count). The number of amidine groups is 1. The molecule has 0 aromatic heterocycles. The van der Waals surface area contributed by atoms with Crippen molar-refractivity contribution in [3.05, 3.63) is 59.4 Å². The van der Waals surface area contributed by atoms with Gasteiger partial charge in [-0.2, -0.15) is 13.2 Å². The lowest BCUT2D eigenvalue weighted by Gasteiger charge is -2.28. The molecular weight excluding hydrogens is 558 g/mol. The number of anilines is 2. The first-order valence-corrected chi connectivity index (χ1v) is 11.3. The van der Waals surface area contributed by atoms with Gasteiger partial charge in [0.05, 0.1) is 11.3 Å². The minimum atomic E-state index is -4.77. The van der Waals surface area contributed by atoms with Gasteiger partial charge in [-0.15, -0.1) is 11.6 Å². The van der Waals surface area contributed by atoms with Crippen LogP contribution >= 0.6 is 46.4 Å². The Morgan fingerprint density at radius 2 is 1.69 bits per heavy atom. The topological polar surface area (TPSA) is 65.0 Å². The SMILES string of the molecule is Cc1ccc(NC(N=C2C(=O)N(C)C(=O)N2c2ccccc2F)C(Cl)C(Cl)(Cl)Cl)c(C(F)(F)F)c1. The zero-order valence-corrected chi connectivity index (χ0v) is 20.9. The molecule has 14 heteroatoms. The van der Waals surface area contributed by atoms with Crippen molar-refractivity contribution >= 4 is 75.6 Å². The minimum absolute atomic E-state index is 0.318. The highest BCUT2D eigenvalue weighted by Gasteiger charge is 2.45. The van der Waals surface area contributed by atoms with Gasteiger partial charge in [0.2, 0.25) is 9.63 Å². The Morgan fingerprint density at radius 1 is 1.06 bits per heavy atom. The fraction of sp³-hybridized carbons (Fsp3) is 0.286. The van der Waals surface area contributed by atoms with Crippen LogP contribution in [0.5, 0.6) is 0 Å². The minimum Gasteiger partial charge on any atom is -0.362 e. The number of urea groups is 1. The van der Waals surface area contributed by atoms with Crippen LogP contribution in [0.25, 0.3) is 0 Å². The van der Waals surface area contributed by atoms with Gasteiger partial charge in [0.15, 0.2) is 0 Å². The third-order valence-corrected chi connectivity index (χ3v) is 6.52. The van der Waals surface area contributed by atoms with E-state index in [1.807, 2.05) is 0 Å². The summed E-state index contributed by atoms with van der Waals surface area (Å²) in [6.07, 6.45) is -6.45. The van der Waals surface area contributed by atoms with Crippen LogP contribution < -0.4 is 10.2 Å². The number of alkyl halides is 7. The quantitative estimate of drug-likeness (QED) is 0.257. The lowest BCUT2D eigenvalue weighted by molar-refractivity contribution is -0.137. The van der Waals surface area contributed by atoms with E-state index in [1.54, 1.807) is 0 Å². The van der Waals surface area contributed by atoms with E-state index >= 15 is 0 Å². The molecule has 2 aromatic rings. The molecule has 2 unspecified atom stereocenters. The summed E-state index contributed by atoms with van der Waals surface area (Å²) in [5.74, 6) is -2.47. The number of benzene rings is 2. The van der Waals surface area contributed by atoms with Gasteiger partial charge in [-0.1, -0.05) is 58.6 Å². The molecule has 1 aliphatic rings. The van der Waals surface area contributed by atoms with E-state index in [2.05, 4.69) is 10.3 Å². The summed E-state index contributed by atoms with van der Waals surface area (Å²) < 4.78 is 53.2. The van der Waals surface area contributed by atoms with Gasteiger partial charge in [0.25, 0.3) is 5.91 Å². The summed E-state index contributed by atoms with van der Waals surface area (Å²) in [7, 11) is 1.12. The van der Waals surface area contributed by atoms with Crippen LogP contribution in [0, 0.1) is 12.7 Å². The number of nitrogens with one attached hydrogen (secondary N) is 1. The zero-order valence-electron chi connectivity index (χ0n) is 17.9. The highest BCUT2D eigenvalue weighted by molar-refractivity contribution is 6.70. The lowest BCUT2D eigenvalue weighted by Crippen LogP contribution is -2.41. The van der Waals surface area contributed by atoms with Crippen molar-refractivity contribution < 1.29 is 27.2 Å². The molecule has 0 radical (unpaired) electrons. The smallest absolute Gasteiger partial charge is 0.362 e. The van der Waals surface area contributed by atoms with E-state index < -0.39 is 56.4 Å². The summed E-state index contributed by atoms with van der Waals surface area (Å²) in [6.45, 7) is 1.47. The second-order valence-electron chi connectivity index (χ2n) is 7.47. The molecule has 1 aliphatic heterocycles. The maximum Gasteiger partial charge on any atom is 0.418 e. The molecule has 0 bridgehead atoms. The first-order chi connectivity index (χ1) is 16.1. The van der Waals surface area contributed by atoms with Crippen molar-refractivity contribution in [2.24, 2.45) is 4.99 Å². The average Bonchev–Trinajstić information content (AvgIpc) is 2.96. The number of aryl methyl sites for hydroxylation is 1. The number of likely N-dealkylation sites (N-methyl/N-ethyl adjacent to an activating group) is 1. The van der Waals surface area contributed by atoms with Crippen molar-refractivity contribution in [3.8, 4) is 0 Å². The monoisotopic (exact) mass is 572 g/mol. The second kappa shape index (κ2) is 10.0. The number of nitrogens with zero attached hydrogens (tertiary/aromatic N) is 3. The molecule has 2 atom stereocenters. The van der Waals surface area contributed by atoms with Gasteiger partial charge in [0.1, 0.15) is 17.4 Å². The van der Waals surface area contributed by atoms with Gasteiger partial charge in [-0.3, -0.25) is 9.69 Å². The number of halogens is 8. The number of imide groups is 1. The third-order valence-electron chi connectivity index (χ3n) is 4.91. The Hall–Kier alpha value is -2.27. The molecule has 0 spiro atoms. The number of carbonyl (C=O) groups excluding carboxylic acids is 2. The number of rotatable bonds is 5. The van der Waals surface area contributed by atoms with Crippen LogP contribution in [0.4, 0.5) is 33.7 Å².